The lowest BCUT2D eigenvalue weighted by molar-refractivity contribution is -0.0203. The minimum atomic E-state index is -0.930. The average molecular weight is 482 g/mol. The van der Waals surface area contributed by atoms with Crippen LogP contribution in [0.1, 0.15) is 41.7 Å². The molecule has 1 unspecified atom stereocenters. The highest BCUT2D eigenvalue weighted by atomic mass is 16.3. The fraction of sp³-hybridized carbons (Fsp3) is 0.296. The first-order chi connectivity index (χ1) is 17.5. The largest absolute Gasteiger partial charge is 0.388 e. The predicted octanol–water partition coefficient (Wildman–Crippen LogP) is 3.78. The van der Waals surface area contributed by atoms with Crippen LogP contribution in [0, 0.1) is 6.92 Å². The Morgan fingerprint density at radius 3 is 3.00 bits per heavy atom. The third-order valence-electron chi connectivity index (χ3n) is 7.01. The number of carbonyl (C=O) groups is 1. The Morgan fingerprint density at radius 1 is 1.19 bits per heavy atom. The number of H-pyrrole nitrogens is 1. The quantitative estimate of drug-likeness (QED) is 0.351. The van der Waals surface area contributed by atoms with Gasteiger partial charge in [0.05, 0.1) is 29.5 Å². The number of rotatable bonds is 5. The lowest BCUT2D eigenvalue weighted by atomic mass is 9.81. The van der Waals surface area contributed by atoms with E-state index in [2.05, 4.69) is 30.5 Å². The monoisotopic (exact) mass is 481 g/mol. The lowest BCUT2D eigenvalue weighted by Crippen LogP contribution is -2.47. The highest BCUT2D eigenvalue weighted by Gasteiger charge is 2.36. The van der Waals surface area contributed by atoms with Gasteiger partial charge >= 0.3 is 0 Å². The van der Waals surface area contributed by atoms with Crippen molar-refractivity contribution in [1.29, 1.82) is 0 Å². The van der Waals surface area contributed by atoms with E-state index in [0.29, 0.717) is 30.6 Å². The van der Waals surface area contributed by atoms with Gasteiger partial charge < -0.3 is 15.0 Å². The number of benzene rings is 1. The molecule has 4 aromatic heterocycles. The molecule has 1 aliphatic carbocycles. The molecule has 1 fully saturated rings. The van der Waals surface area contributed by atoms with Crippen molar-refractivity contribution in [1.82, 2.24) is 35.0 Å². The van der Waals surface area contributed by atoms with Gasteiger partial charge in [-0.2, -0.15) is 5.10 Å². The van der Waals surface area contributed by atoms with Gasteiger partial charge in [0.2, 0.25) is 0 Å². The van der Waals surface area contributed by atoms with Gasteiger partial charge in [-0.25, -0.2) is 9.97 Å². The summed E-state index contributed by atoms with van der Waals surface area (Å²) < 4.78 is 1.95. The molecule has 1 amide bonds. The molecule has 2 atom stereocenters. The number of carbonyl (C=O) groups excluding carboxylic acids is 1. The molecule has 3 N–H and O–H groups in total. The summed E-state index contributed by atoms with van der Waals surface area (Å²) in [6, 6.07) is 13.1. The highest BCUT2D eigenvalue weighted by Crippen LogP contribution is 2.32. The third kappa shape index (κ3) is 4.22. The fourth-order valence-electron chi connectivity index (χ4n) is 5.29. The number of hydrogen-bond acceptors (Lipinski definition) is 6. The summed E-state index contributed by atoms with van der Waals surface area (Å²) in [6.45, 7) is 2.35. The number of nitrogens with one attached hydrogen (secondary N) is 2. The van der Waals surface area contributed by atoms with E-state index in [4.69, 9.17) is 0 Å². The van der Waals surface area contributed by atoms with E-state index in [0.717, 1.165) is 46.2 Å². The maximum Gasteiger partial charge on any atom is 0.251 e. The number of aromatic amines is 1. The van der Waals surface area contributed by atoms with Gasteiger partial charge in [-0.15, -0.1) is 0 Å². The van der Waals surface area contributed by atoms with Crippen LogP contribution in [0.4, 0.5) is 0 Å². The number of aryl methyl sites for hydroxylation is 1. The Bertz CT molecular complexity index is 1570. The zero-order valence-corrected chi connectivity index (χ0v) is 20.0. The Morgan fingerprint density at radius 2 is 2.11 bits per heavy atom. The number of amides is 1. The summed E-state index contributed by atoms with van der Waals surface area (Å²) >= 11 is 0. The molecule has 0 bridgehead atoms. The molecule has 1 aromatic carbocycles. The Labute approximate surface area is 207 Å². The second-order valence-corrected chi connectivity index (χ2v) is 9.73. The number of hydrogen-bond donors (Lipinski definition) is 3. The Balaban J connectivity index is 1.20. The first-order valence-electron chi connectivity index (χ1n) is 12.2. The molecule has 0 saturated heterocycles. The van der Waals surface area contributed by atoms with Crippen LogP contribution in [-0.2, 0) is 6.54 Å². The fourth-order valence-corrected chi connectivity index (χ4v) is 5.29. The van der Waals surface area contributed by atoms with Crippen molar-refractivity contribution in [3.63, 3.8) is 0 Å². The minimum Gasteiger partial charge on any atom is -0.388 e. The van der Waals surface area contributed by atoms with Crippen molar-refractivity contribution >= 4 is 28.0 Å². The number of fused-ring (bicyclic) bond motifs is 2. The Kier molecular flexibility index (Phi) is 5.49. The van der Waals surface area contributed by atoms with Crippen LogP contribution in [0.15, 0.2) is 61.2 Å². The molecular formula is C27H27N7O2. The number of aliphatic hydroxyl groups is 1. The van der Waals surface area contributed by atoms with Crippen molar-refractivity contribution in [2.45, 2.75) is 50.8 Å². The first-order valence-corrected chi connectivity index (χ1v) is 12.2. The first kappa shape index (κ1) is 22.4. The van der Waals surface area contributed by atoms with Crippen molar-refractivity contribution in [3.8, 4) is 11.3 Å². The standard InChI is InChI=1S/C27H27N7O2/c1-17-12-18(8-11-28-17)24-21-13-19(6-7-22(21)32-33-24)26(35)31-20-4-2-9-27(36,14-20)15-34-16-30-25-23(34)5-3-10-29-25/h3,5-8,10-13,16,20,36H,2,4,9,14-15H2,1H3,(H,31,35)(H,32,33)/t20-,27?/m1/s1. The van der Waals surface area contributed by atoms with E-state index in [1.54, 1.807) is 24.8 Å². The summed E-state index contributed by atoms with van der Waals surface area (Å²) in [4.78, 5) is 26.1. The van der Waals surface area contributed by atoms with Gasteiger partial charge in [0, 0.05) is 40.6 Å². The SMILES string of the molecule is Cc1cc(-c2n[nH]c3ccc(C(=O)N[C@@H]4CCCC(O)(Cn5cnc6ncccc65)C4)cc23)ccn1. The van der Waals surface area contributed by atoms with E-state index >= 15 is 0 Å². The maximum absolute atomic E-state index is 13.2. The smallest absolute Gasteiger partial charge is 0.251 e. The number of nitrogens with zero attached hydrogens (tertiary/aromatic N) is 5. The summed E-state index contributed by atoms with van der Waals surface area (Å²) in [5.41, 5.74) is 4.71. The molecular weight excluding hydrogens is 454 g/mol. The molecule has 182 valence electrons. The number of imidazole rings is 1. The van der Waals surface area contributed by atoms with E-state index in [1.807, 2.05) is 47.9 Å². The number of aromatic nitrogens is 6. The van der Waals surface area contributed by atoms with Gasteiger partial charge in [-0.1, -0.05) is 0 Å². The summed E-state index contributed by atoms with van der Waals surface area (Å²) in [5, 5.41) is 23.0. The summed E-state index contributed by atoms with van der Waals surface area (Å²) in [7, 11) is 0. The van der Waals surface area contributed by atoms with Crippen LogP contribution in [-0.4, -0.2) is 52.4 Å². The van der Waals surface area contributed by atoms with Crippen LogP contribution in [0.2, 0.25) is 0 Å². The second kappa shape index (κ2) is 8.83. The lowest BCUT2D eigenvalue weighted by Gasteiger charge is -2.37. The number of pyridine rings is 2. The van der Waals surface area contributed by atoms with Gasteiger partial charge in [-0.3, -0.25) is 14.9 Å². The van der Waals surface area contributed by atoms with Crippen LogP contribution >= 0.6 is 0 Å². The third-order valence-corrected chi connectivity index (χ3v) is 7.01. The van der Waals surface area contributed by atoms with Gasteiger partial charge in [0.15, 0.2) is 5.65 Å². The Hall–Kier alpha value is -4.11. The predicted molar refractivity (Wildman–Crippen MR) is 136 cm³/mol. The molecule has 1 saturated carbocycles. The molecule has 9 heteroatoms. The maximum atomic E-state index is 13.2. The van der Waals surface area contributed by atoms with E-state index in [9.17, 15) is 9.90 Å². The molecule has 1 aliphatic rings. The molecule has 36 heavy (non-hydrogen) atoms. The average Bonchev–Trinajstić information content (AvgIpc) is 3.48. The van der Waals surface area contributed by atoms with Gasteiger partial charge in [0.25, 0.3) is 5.91 Å². The van der Waals surface area contributed by atoms with Gasteiger partial charge in [0.1, 0.15) is 5.69 Å². The van der Waals surface area contributed by atoms with E-state index in [1.165, 1.54) is 0 Å². The molecule has 5 aromatic rings. The second-order valence-electron chi connectivity index (χ2n) is 9.73. The van der Waals surface area contributed by atoms with E-state index < -0.39 is 5.60 Å². The van der Waals surface area contributed by atoms with Gasteiger partial charge in [-0.05, 0) is 75.1 Å². The molecule has 0 spiro atoms. The van der Waals surface area contributed by atoms with Crippen LogP contribution in [0.25, 0.3) is 33.3 Å². The van der Waals surface area contributed by atoms with Crippen molar-refractivity contribution in [3.05, 3.63) is 72.4 Å². The molecule has 0 radical (unpaired) electrons. The molecule has 9 nitrogen and oxygen atoms in total. The molecule has 6 rings (SSSR count). The zero-order valence-electron chi connectivity index (χ0n) is 20.0. The summed E-state index contributed by atoms with van der Waals surface area (Å²) in [5.74, 6) is -0.151. The minimum absolute atomic E-state index is 0.119. The van der Waals surface area contributed by atoms with Crippen molar-refractivity contribution < 1.29 is 9.90 Å². The van der Waals surface area contributed by atoms with Crippen LogP contribution in [0.3, 0.4) is 0 Å². The van der Waals surface area contributed by atoms with Crippen LogP contribution < -0.4 is 5.32 Å². The van der Waals surface area contributed by atoms with E-state index in [-0.39, 0.29) is 11.9 Å². The van der Waals surface area contributed by atoms with Crippen molar-refractivity contribution in [2.24, 2.45) is 0 Å². The van der Waals surface area contributed by atoms with Crippen molar-refractivity contribution in [2.75, 3.05) is 0 Å². The topological polar surface area (TPSA) is 122 Å². The highest BCUT2D eigenvalue weighted by molar-refractivity contribution is 6.01. The molecule has 0 aliphatic heterocycles. The normalized spacial score (nSPS) is 20.1. The zero-order chi connectivity index (χ0) is 24.7. The molecule has 4 heterocycles. The summed E-state index contributed by atoms with van der Waals surface area (Å²) in [6.07, 6.45) is 8.01. The van der Waals surface area contributed by atoms with Crippen LogP contribution in [0.5, 0.6) is 0 Å².